The lowest BCUT2D eigenvalue weighted by Gasteiger charge is -2.18. The molecule has 1 aliphatic heterocycles. The molecule has 32 heavy (non-hydrogen) atoms. The van der Waals surface area contributed by atoms with Crippen LogP contribution < -0.4 is 10.3 Å². The molecule has 3 aromatic rings. The van der Waals surface area contributed by atoms with Crippen LogP contribution in [0.1, 0.15) is 70.5 Å². The molecular formula is C24H28N4O4. The maximum Gasteiger partial charge on any atom is 0.259 e. The Morgan fingerprint density at radius 1 is 1.19 bits per heavy atom. The van der Waals surface area contributed by atoms with Crippen molar-refractivity contribution in [2.75, 3.05) is 20.2 Å². The van der Waals surface area contributed by atoms with E-state index < -0.39 is 0 Å². The molecule has 1 saturated heterocycles. The fraction of sp³-hybridized carbons (Fsp3) is 0.417. The maximum atomic E-state index is 13.6. The van der Waals surface area contributed by atoms with E-state index in [4.69, 9.17) is 9.26 Å². The standard InChI is InChI=1S/C24H28N4O4/c1-13(2)23-22(14(3)32-27-23)24(30)28-11-18(16-6-8-17(31-5)9-7-16)19(12-28)20-10-21(29)26-15(4)25-20/h6-10,13,18-19H,11-12H2,1-5H3,(H,25,26,29)/t18-,19+/m0/s1. The minimum absolute atomic E-state index is 0.0128. The SMILES string of the molecule is COc1ccc([C@@H]2CN(C(=O)c3c(C(C)C)noc3C)C[C@H]2c2cc(=O)[nH]c(C)n2)cc1. The minimum atomic E-state index is -0.192. The van der Waals surface area contributed by atoms with Crippen LogP contribution in [0.15, 0.2) is 39.6 Å². The molecule has 8 heteroatoms. The third kappa shape index (κ3) is 4.04. The van der Waals surface area contributed by atoms with Gasteiger partial charge in [0.05, 0.1) is 18.5 Å². The van der Waals surface area contributed by atoms with E-state index in [2.05, 4.69) is 15.1 Å². The number of aromatic amines is 1. The van der Waals surface area contributed by atoms with Crippen LogP contribution in [0.5, 0.6) is 5.75 Å². The number of hydrogen-bond acceptors (Lipinski definition) is 6. The number of benzene rings is 1. The molecule has 0 saturated carbocycles. The molecule has 1 fully saturated rings. The molecule has 2 aromatic heterocycles. The molecular weight excluding hydrogens is 408 g/mol. The number of carbonyl (C=O) groups excluding carboxylic acids is 1. The van der Waals surface area contributed by atoms with E-state index in [0.717, 1.165) is 11.3 Å². The van der Waals surface area contributed by atoms with E-state index in [-0.39, 0.29) is 29.2 Å². The number of ether oxygens (including phenoxy) is 1. The summed E-state index contributed by atoms with van der Waals surface area (Å²) in [4.78, 5) is 34.8. The highest BCUT2D eigenvalue weighted by Gasteiger charge is 2.40. The summed E-state index contributed by atoms with van der Waals surface area (Å²) in [7, 11) is 1.63. The fourth-order valence-corrected chi connectivity index (χ4v) is 4.45. The van der Waals surface area contributed by atoms with Gasteiger partial charge in [-0.25, -0.2) is 4.98 Å². The summed E-state index contributed by atoms with van der Waals surface area (Å²) in [5, 5.41) is 4.11. The first-order chi connectivity index (χ1) is 15.3. The molecule has 0 aliphatic carbocycles. The number of hydrogen-bond donors (Lipinski definition) is 1. The number of nitrogens with one attached hydrogen (secondary N) is 1. The van der Waals surface area contributed by atoms with Crippen molar-refractivity contribution in [3.63, 3.8) is 0 Å². The van der Waals surface area contributed by atoms with Crippen LogP contribution in [0, 0.1) is 13.8 Å². The van der Waals surface area contributed by atoms with Gasteiger partial charge < -0.3 is 19.1 Å². The zero-order chi connectivity index (χ0) is 23.0. The van der Waals surface area contributed by atoms with E-state index in [1.165, 1.54) is 6.07 Å². The Morgan fingerprint density at radius 3 is 2.50 bits per heavy atom. The van der Waals surface area contributed by atoms with E-state index >= 15 is 0 Å². The second kappa shape index (κ2) is 8.61. The van der Waals surface area contributed by atoms with Crippen molar-refractivity contribution in [3.05, 3.63) is 74.8 Å². The average molecular weight is 437 g/mol. The monoisotopic (exact) mass is 436 g/mol. The molecule has 3 heterocycles. The molecule has 4 rings (SSSR count). The van der Waals surface area contributed by atoms with Gasteiger partial charge in [-0.05, 0) is 37.5 Å². The van der Waals surface area contributed by atoms with Crippen molar-refractivity contribution >= 4 is 5.91 Å². The van der Waals surface area contributed by atoms with Gasteiger partial charge in [-0.15, -0.1) is 0 Å². The average Bonchev–Trinajstić information content (AvgIpc) is 3.37. The lowest BCUT2D eigenvalue weighted by Crippen LogP contribution is -2.30. The summed E-state index contributed by atoms with van der Waals surface area (Å²) in [6.07, 6.45) is 0. The lowest BCUT2D eigenvalue weighted by molar-refractivity contribution is 0.0786. The molecule has 0 bridgehead atoms. The zero-order valence-corrected chi connectivity index (χ0v) is 19.0. The van der Waals surface area contributed by atoms with Crippen molar-refractivity contribution in [1.82, 2.24) is 20.0 Å². The highest BCUT2D eigenvalue weighted by atomic mass is 16.5. The minimum Gasteiger partial charge on any atom is -0.497 e. The third-order valence-electron chi connectivity index (χ3n) is 6.06. The summed E-state index contributed by atoms with van der Waals surface area (Å²) < 4.78 is 10.6. The van der Waals surface area contributed by atoms with Crippen molar-refractivity contribution in [2.24, 2.45) is 0 Å². The molecule has 1 aromatic carbocycles. The molecule has 168 valence electrons. The van der Waals surface area contributed by atoms with E-state index in [1.54, 1.807) is 21.0 Å². The summed E-state index contributed by atoms with van der Waals surface area (Å²) in [6, 6.07) is 9.37. The van der Waals surface area contributed by atoms with Gasteiger partial charge >= 0.3 is 0 Å². The Labute approximate surface area is 186 Å². The van der Waals surface area contributed by atoms with Gasteiger partial charge in [-0.2, -0.15) is 0 Å². The zero-order valence-electron chi connectivity index (χ0n) is 19.0. The van der Waals surface area contributed by atoms with Gasteiger partial charge in [0.25, 0.3) is 11.5 Å². The number of amides is 1. The van der Waals surface area contributed by atoms with Gasteiger partial charge in [0.1, 0.15) is 22.9 Å². The van der Waals surface area contributed by atoms with Crippen molar-refractivity contribution < 1.29 is 14.1 Å². The Kier molecular flexibility index (Phi) is 5.86. The molecule has 2 atom stereocenters. The number of likely N-dealkylation sites (tertiary alicyclic amines) is 1. The maximum absolute atomic E-state index is 13.6. The number of nitrogens with zero attached hydrogens (tertiary/aromatic N) is 3. The van der Waals surface area contributed by atoms with Crippen LogP contribution in [0.3, 0.4) is 0 Å². The molecule has 8 nitrogen and oxygen atoms in total. The van der Waals surface area contributed by atoms with Gasteiger partial charge in [0.2, 0.25) is 0 Å². The summed E-state index contributed by atoms with van der Waals surface area (Å²) >= 11 is 0. The summed E-state index contributed by atoms with van der Waals surface area (Å²) in [6.45, 7) is 8.47. The molecule has 1 N–H and O–H groups in total. The van der Waals surface area contributed by atoms with Crippen LogP contribution in [0.4, 0.5) is 0 Å². The van der Waals surface area contributed by atoms with Crippen LogP contribution >= 0.6 is 0 Å². The van der Waals surface area contributed by atoms with E-state index in [0.29, 0.717) is 41.6 Å². The van der Waals surface area contributed by atoms with Crippen molar-refractivity contribution in [2.45, 2.75) is 45.4 Å². The van der Waals surface area contributed by atoms with E-state index in [9.17, 15) is 9.59 Å². The second-order valence-electron chi connectivity index (χ2n) is 8.61. The van der Waals surface area contributed by atoms with Crippen molar-refractivity contribution in [3.8, 4) is 5.75 Å². The van der Waals surface area contributed by atoms with Gasteiger partial charge in [-0.3, -0.25) is 9.59 Å². The summed E-state index contributed by atoms with van der Waals surface area (Å²) in [5.74, 6) is 1.69. The van der Waals surface area contributed by atoms with Crippen LogP contribution in [-0.4, -0.2) is 46.1 Å². The smallest absolute Gasteiger partial charge is 0.259 e. The Bertz CT molecular complexity index is 1180. The molecule has 1 aliphatic rings. The quantitative estimate of drug-likeness (QED) is 0.657. The molecule has 0 unspecified atom stereocenters. The highest BCUT2D eigenvalue weighted by Crippen LogP contribution is 2.40. The number of H-pyrrole nitrogens is 1. The van der Waals surface area contributed by atoms with Crippen LogP contribution in [0.2, 0.25) is 0 Å². The number of carbonyl (C=O) groups is 1. The number of aromatic nitrogens is 3. The number of rotatable bonds is 5. The first kappa shape index (κ1) is 21.8. The van der Waals surface area contributed by atoms with E-state index in [1.807, 2.05) is 43.0 Å². The number of methoxy groups -OCH3 is 1. The topological polar surface area (TPSA) is 101 Å². The Hall–Kier alpha value is -3.42. The predicted octanol–water partition coefficient (Wildman–Crippen LogP) is 3.53. The third-order valence-corrected chi connectivity index (χ3v) is 6.06. The Balaban J connectivity index is 1.73. The fourth-order valence-electron chi connectivity index (χ4n) is 4.45. The largest absolute Gasteiger partial charge is 0.497 e. The predicted molar refractivity (Wildman–Crippen MR) is 119 cm³/mol. The van der Waals surface area contributed by atoms with Crippen LogP contribution in [0.25, 0.3) is 0 Å². The molecule has 1 amide bonds. The molecule has 0 radical (unpaired) electrons. The summed E-state index contributed by atoms with van der Waals surface area (Å²) in [5.41, 5.74) is 2.76. The van der Waals surface area contributed by atoms with Crippen LogP contribution in [-0.2, 0) is 0 Å². The first-order valence-corrected chi connectivity index (χ1v) is 10.8. The van der Waals surface area contributed by atoms with Gasteiger partial charge in [0.15, 0.2) is 0 Å². The highest BCUT2D eigenvalue weighted by molar-refractivity contribution is 5.96. The molecule has 0 spiro atoms. The van der Waals surface area contributed by atoms with Crippen molar-refractivity contribution in [1.29, 1.82) is 0 Å². The Morgan fingerprint density at radius 2 is 1.88 bits per heavy atom. The second-order valence-corrected chi connectivity index (χ2v) is 8.61. The number of aryl methyl sites for hydroxylation is 2. The lowest BCUT2D eigenvalue weighted by atomic mass is 9.86. The normalized spacial score (nSPS) is 18.4. The first-order valence-electron chi connectivity index (χ1n) is 10.8. The van der Waals surface area contributed by atoms with Gasteiger partial charge in [-0.1, -0.05) is 31.1 Å². The van der Waals surface area contributed by atoms with Gasteiger partial charge in [0, 0.05) is 31.0 Å².